The standard InChI is InChI=1S/C14H16N2O3/c1-4-12(17)15-8-10-6-7-11(18-5-2)14-13(10)16-9(3)19-14/h4,6-7H,1,5,8H2,2-3H3,(H,15,17). The van der Waals surface area contributed by atoms with Crippen LogP contribution in [0.1, 0.15) is 18.4 Å². The van der Waals surface area contributed by atoms with Gasteiger partial charge in [0.25, 0.3) is 0 Å². The van der Waals surface area contributed by atoms with E-state index in [4.69, 9.17) is 9.15 Å². The molecule has 0 atom stereocenters. The van der Waals surface area contributed by atoms with Crippen LogP contribution >= 0.6 is 0 Å². The van der Waals surface area contributed by atoms with E-state index in [9.17, 15) is 4.79 Å². The smallest absolute Gasteiger partial charge is 0.243 e. The summed E-state index contributed by atoms with van der Waals surface area (Å²) in [6.07, 6.45) is 1.24. The number of carbonyl (C=O) groups is 1. The van der Waals surface area contributed by atoms with Gasteiger partial charge in [-0.05, 0) is 19.1 Å². The SMILES string of the molecule is C=CC(=O)NCc1ccc(OCC)c2oc(C)nc12. The summed E-state index contributed by atoms with van der Waals surface area (Å²) in [4.78, 5) is 15.5. The average Bonchev–Trinajstić information content (AvgIpc) is 2.79. The average molecular weight is 260 g/mol. The van der Waals surface area contributed by atoms with Crippen molar-refractivity contribution in [1.82, 2.24) is 10.3 Å². The van der Waals surface area contributed by atoms with Gasteiger partial charge in [0, 0.05) is 19.0 Å². The Bertz CT molecular complexity index is 616. The fourth-order valence-corrected chi connectivity index (χ4v) is 1.81. The van der Waals surface area contributed by atoms with Gasteiger partial charge in [-0.25, -0.2) is 4.98 Å². The maximum absolute atomic E-state index is 11.2. The molecule has 0 saturated carbocycles. The fourth-order valence-electron chi connectivity index (χ4n) is 1.81. The second-order valence-corrected chi connectivity index (χ2v) is 3.99. The van der Waals surface area contributed by atoms with Crippen LogP contribution in [0.5, 0.6) is 5.75 Å². The monoisotopic (exact) mass is 260 g/mol. The molecule has 1 aromatic heterocycles. The van der Waals surface area contributed by atoms with Crippen molar-refractivity contribution in [2.45, 2.75) is 20.4 Å². The normalized spacial score (nSPS) is 10.4. The molecule has 0 aliphatic heterocycles. The van der Waals surface area contributed by atoms with E-state index in [2.05, 4.69) is 16.9 Å². The van der Waals surface area contributed by atoms with Gasteiger partial charge < -0.3 is 14.5 Å². The van der Waals surface area contributed by atoms with Gasteiger partial charge in [-0.15, -0.1) is 0 Å². The number of ether oxygens (including phenoxy) is 1. The number of oxazole rings is 1. The highest BCUT2D eigenvalue weighted by molar-refractivity contribution is 5.88. The summed E-state index contributed by atoms with van der Waals surface area (Å²) in [5.74, 6) is 1.01. The van der Waals surface area contributed by atoms with Crippen LogP contribution in [0.2, 0.25) is 0 Å². The lowest BCUT2D eigenvalue weighted by Crippen LogP contribution is -2.20. The summed E-state index contributed by atoms with van der Waals surface area (Å²) in [6, 6.07) is 3.70. The Hall–Kier alpha value is -2.30. The number of fused-ring (bicyclic) bond motifs is 1. The lowest BCUT2D eigenvalue weighted by Gasteiger charge is -2.06. The maximum Gasteiger partial charge on any atom is 0.243 e. The van der Waals surface area contributed by atoms with Crippen molar-refractivity contribution in [3.8, 4) is 5.75 Å². The summed E-state index contributed by atoms with van der Waals surface area (Å²) < 4.78 is 11.1. The van der Waals surface area contributed by atoms with E-state index in [1.165, 1.54) is 6.08 Å². The molecule has 1 heterocycles. The number of hydrogen-bond donors (Lipinski definition) is 1. The third-order valence-corrected chi connectivity index (χ3v) is 2.64. The molecular weight excluding hydrogens is 244 g/mol. The first kappa shape index (κ1) is 13.1. The maximum atomic E-state index is 11.2. The highest BCUT2D eigenvalue weighted by Crippen LogP contribution is 2.29. The first-order valence-electron chi connectivity index (χ1n) is 6.07. The molecule has 0 bridgehead atoms. The van der Waals surface area contributed by atoms with Crippen LogP contribution in [0, 0.1) is 6.92 Å². The van der Waals surface area contributed by atoms with Crippen molar-refractivity contribution in [2.75, 3.05) is 6.61 Å². The van der Waals surface area contributed by atoms with Gasteiger partial charge in [-0.3, -0.25) is 4.79 Å². The predicted molar refractivity (Wildman–Crippen MR) is 72.0 cm³/mol. The zero-order valence-electron chi connectivity index (χ0n) is 11.0. The molecular formula is C14H16N2O3. The molecule has 2 rings (SSSR count). The highest BCUT2D eigenvalue weighted by atomic mass is 16.5. The molecule has 0 unspecified atom stereocenters. The lowest BCUT2D eigenvalue weighted by atomic mass is 10.1. The predicted octanol–water partition coefficient (Wildman–Crippen LogP) is 2.34. The van der Waals surface area contributed by atoms with Gasteiger partial charge in [-0.1, -0.05) is 12.6 Å². The number of aryl methyl sites for hydroxylation is 1. The van der Waals surface area contributed by atoms with Gasteiger partial charge >= 0.3 is 0 Å². The Labute approximate surface area is 111 Å². The zero-order chi connectivity index (χ0) is 13.8. The second kappa shape index (κ2) is 5.56. The highest BCUT2D eigenvalue weighted by Gasteiger charge is 2.13. The number of nitrogens with one attached hydrogen (secondary N) is 1. The molecule has 0 fully saturated rings. The summed E-state index contributed by atoms with van der Waals surface area (Å²) in [5, 5.41) is 2.72. The summed E-state index contributed by atoms with van der Waals surface area (Å²) in [5.41, 5.74) is 2.21. The van der Waals surface area contributed by atoms with E-state index < -0.39 is 0 Å². The van der Waals surface area contributed by atoms with Crippen LogP contribution in [-0.4, -0.2) is 17.5 Å². The third kappa shape index (κ3) is 2.76. The summed E-state index contributed by atoms with van der Waals surface area (Å²) in [6.45, 7) is 8.03. The molecule has 2 aromatic rings. The number of benzene rings is 1. The van der Waals surface area contributed by atoms with Gasteiger partial charge in [0.05, 0.1) is 6.61 Å². The van der Waals surface area contributed by atoms with E-state index >= 15 is 0 Å². The van der Waals surface area contributed by atoms with Crippen molar-refractivity contribution in [1.29, 1.82) is 0 Å². The van der Waals surface area contributed by atoms with Crippen molar-refractivity contribution in [3.63, 3.8) is 0 Å². The van der Waals surface area contributed by atoms with E-state index in [0.717, 1.165) is 5.56 Å². The van der Waals surface area contributed by atoms with Crippen LogP contribution < -0.4 is 10.1 Å². The Balaban J connectivity index is 2.37. The molecule has 100 valence electrons. The van der Waals surface area contributed by atoms with Crippen LogP contribution in [-0.2, 0) is 11.3 Å². The minimum absolute atomic E-state index is 0.220. The van der Waals surface area contributed by atoms with Gasteiger partial charge in [0.1, 0.15) is 5.52 Å². The van der Waals surface area contributed by atoms with Crippen LogP contribution in [0.25, 0.3) is 11.1 Å². The molecule has 0 spiro atoms. The zero-order valence-corrected chi connectivity index (χ0v) is 11.0. The second-order valence-electron chi connectivity index (χ2n) is 3.99. The van der Waals surface area contributed by atoms with Gasteiger partial charge in [0.2, 0.25) is 5.91 Å². The van der Waals surface area contributed by atoms with Crippen molar-refractivity contribution in [3.05, 3.63) is 36.2 Å². The Morgan fingerprint density at radius 3 is 3.05 bits per heavy atom. The van der Waals surface area contributed by atoms with Crippen LogP contribution in [0.4, 0.5) is 0 Å². The van der Waals surface area contributed by atoms with Crippen LogP contribution in [0.15, 0.2) is 29.2 Å². The van der Waals surface area contributed by atoms with Crippen LogP contribution in [0.3, 0.4) is 0 Å². The van der Waals surface area contributed by atoms with Crippen molar-refractivity contribution < 1.29 is 13.9 Å². The number of rotatable bonds is 5. The fraction of sp³-hybridized carbons (Fsp3) is 0.286. The molecule has 1 aromatic carbocycles. The summed E-state index contributed by atoms with van der Waals surface area (Å²) in [7, 11) is 0. The first-order chi connectivity index (χ1) is 9.15. The largest absolute Gasteiger partial charge is 0.490 e. The van der Waals surface area contributed by atoms with Gasteiger partial charge in [0.15, 0.2) is 17.2 Å². The molecule has 5 heteroatoms. The van der Waals surface area contributed by atoms with E-state index in [1.54, 1.807) is 6.92 Å². The Kier molecular flexibility index (Phi) is 3.85. The number of amides is 1. The van der Waals surface area contributed by atoms with Crippen molar-refractivity contribution >= 4 is 17.0 Å². The minimum Gasteiger partial charge on any atom is -0.490 e. The lowest BCUT2D eigenvalue weighted by molar-refractivity contribution is -0.116. The quantitative estimate of drug-likeness (QED) is 0.838. The molecule has 19 heavy (non-hydrogen) atoms. The Morgan fingerprint density at radius 1 is 1.58 bits per heavy atom. The third-order valence-electron chi connectivity index (χ3n) is 2.64. The molecule has 0 aliphatic rings. The van der Waals surface area contributed by atoms with Crippen molar-refractivity contribution in [2.24, 2.45) is 0 Å². The number of nitrogens with zero attached hydrogens (tertiary/aromatic N) is 1. The molecule has 0 radical (unpaired) electrons. The van der Waals surface area contributed by atoms with E-state index in [-0.39, 0.29) is 5.91 Å². The molecule has 5 nitrogen and oxygen atoms in total. The number of hydrogen-bond acceptors (Lipinski definition) is 4. The Morgan fingerprint density at radius 2 is 2.37 bits per heavy atom. The number of carbonyl (C=O) groups excluding carboxylic acids is 1. The minimum atomic E-state index is -0.220. The first-order valence-corrected chi connectivity index (χ1v) is 6.07. The molecule has 0 saturated heterocycles. The van der Waals surface area contributed by atoms with Gasteiger partial charge in [-0.2, -0.15) is 0 Å². The van der Waals surface area contributed by atoms with E-state index in [1.807, 2.05) is 19.1 Å². The molecule has 1 N–H and O–H groups in total. The molecule has 0 aliphatic carbocycles. The number of aromatic nitrogens is 1. The topological polar surface area (TPSA) is 64.4 Å². The summed E-state index contributed by atoms with van der Waals surface area (Å²) >= 11 is 0. The van der Waals surface area contributed by atoms with E-state index in [0.29, 0.717) is 35.9 Å². The molecule has 1 amide bonds.